The lowest BCUT2D eigenvalue weighted by molar-refractivity contribution is -0.384. The number of hydrogen-bond acceptors (Lipinski definition) is 6. The van der Waals surface area contributed by atoms with Gasteiger partial charge in [-0.3, -0.25) is 14.9 Å². The van der Waals surface area contributed by atoms with Crippen molar-refractivity contribution in [3.8, 4) is 0 Å². The van der Waals surface area contributed by atoms with Gasteiger partial charge in [0, 0.05) is 11.7 Å². The highest BCUT2D eigenvalue weighted by Gasteiger charge is 2.30. The van der Waals surface area contributed by atoms with Crippen LogP contribution in [0.5, 0.6) is 0 Å². The molecule has 0 N–H and O–H groups in total. The van der Waals surface area contributed by atoms with Crippen molar-refractivity contribution in [3.05, 3.63) is 27.0 Å². The number of carbonyl (C=O) groups is 1. The summed E-state index contributed by atoms with van der Waals surface area (Å²) in [6.07, 6.45) is 1.46. The summed E-state index contributed by atoms with van der Waals surface area (Å²) in [4.78, 5) is 28.4. The van der Waals surface area contributed by atoms with Crippen molar-refractivity contribution in [2.24, 2.45) is 0 Å². The SMILES string of the molecule is CCOC(=O)CN(c1cc(C)nc(Cl)c1[N+](=O)[O-])C(CC)CC. The third-order valence-electron chi connectivity index (χ3n) is 3.54. The Kier molecular flexibility index (Phi) is 7.22. The number of nitrogens with zero attached hydrogens (tertiary/aromatic N) is 3. The van der Waals surface area contributed by atoms with Crippen LogP contribution >= 0.6 is 11.6 Å². The van der Waals surface area contributed by atoms with Crippen molar-refractivity contribution < 1.29 is 14.5 Å². The first-order chi connectivity index (χ1) is 10.8. The molecule has 0 saturated heterocycles. The molecule has 8 heteroatoms. The highest BCUT2D eigenvalue weighted by molar-refractivity contribution is 6.32. The molecule has 0 bridgehead atoms. The van der Waals surface area contributed by atoms with E-state index < -0.39 is 10.9 Å². The molecule has 1 aromatic rings. The largest absolute Gasteiger partial charge is 0.465 e. The van der Waals surface area contributed by atoms with Crippen LogP contribution in [-0.2, 0) is 9.53 Å². The van der Waals surface area contributed by atoms with Gasteiger partial charge in [0.25, 0.3) is 0 Å². The van der Waals surface area contributed by atoms with Crippen LogP contribution in [0.2, 0.25) is 5.15 Å². The van der Waals surface area contributed by atoms with Gasteiger partial charge < -0.3 is 9.64 Å². The maximum absolute atomic E-state index is 11.9. The lowest BCUT2D eigenvalue weighted by atomic mass is 10.1. The fraction of sp³-hybridized carbons (Fsp3) is 0.600. The topological polar surface area (TPSA) is 85.6 Å². The third kappa shape index (κ3) is 4.79. The number of pyridine rings is 1. The number of aromatic nitrogens is 1. The highest BCUT2D eigenvalue weighted by atomic mass is 35.5. The smallest absolute Gasteiger partial charge is 0.329 e. The molecule has 0 aliphatic rings. The summed E-state index contributed by atoms with van der Waals surface area (Å²) in [6, 6.07) is 1.54. The average Bonchev–Trinajstić information content (AvgIpc) is 2.46. The number of ether oxygens (including phenoxy) is 1. The molecule has 0 spiro atoms. The number of carbonyl (C=O) groups excluding carboxylic acids is 1. The van der Waals surface area contributed by atoms with Crippen molar-refractivity contribution in [3.63, 3.8) is 0 Å². The van der Waals surface area contributed by atoms with Crippen LogP contribution < -0.4 is 4.90 Å². The van der Waals surface area contributed by atoms with E-state index in [1.165, 1.54) is 0 Å². The number of nitro groups is 1. The minimum absolute atomic E-state index is 0.0454. The molecule has 128 valence electrons. The zero-order chi connectivity index (χ0) is 17.6. The van der Waals surface area contributed by atoms with Gasteiger partial charge in [0.05, 0.1) is 11.5 Å². The lowest BCUT2D eigenvalue weighted by Gasteiger charge is -2.31. The quantitative estimate of drug-likeness (QED) is 0.311. The lowest BCUT2D eigenvalue weighted by Crippen LogP contribution is -2.39. The van der Waals surface area contributed by atoms with E-state index in [0.29, 0.717) is 11.4 Å². The first-order valence-corrected chi connectivity index (χ1v) is 7.97. The van der Waals surface area contributed by atoms with E-state index in [0.717, 1.165) is 12.8 Å². The van der Waals surface area contributed by atoms with Crippen molar-refractivity contribution >= 4 is 28.9 Å². The minimum Gasteiger partial charge on any atom is -0.465 e. The first-order valence-electron chi connectivity index (χ1n) is 7.59. The first kappa shape index (κ1) is 19.2. The van der Waals surface area contributed by atoms with Crippen LogP contribution in [0.25, 0.3) is 0 Å². The van der Waals surface area contributed by atoms with Gasteiger partial charge in [-0.2, -0.15) is 0 Å². The number of halogens is 1. The van der Waals surface area contributed by atoms with Crippen LogP contribution in [0.1, 0.15) is 39.3 Å². The molecule has 1 aromatic heterocycles. The molecule has 0 aliphatic heterocycles. The second kappa shape index (κ2) is 8.67. The van der Waals surface area contributed by atoms with Gasteiger partial charge in [0.15, 0.2) is 0 Å². The molecule has 0 fully saturated rings. The zero-order valence-corrected chi connectivity index (χ0v) is 14.6. The van der Waals surface area contributed by atoms with Gasteiger partial charge in [-0.1, -0.05) is 25.4 Å². The van der Waals surface area contributed by atoms with Crippen LogP contribution in [0.4, 0.5) is 11.4 Å². The van der Waals surface area contributed by atoms with Crippen molar-refractivity contribution in [2.75, 3.05) is 18.1 Å². The number of anilines is 1. The molecule has 1 rings (SSSR count). The molecule has 0 radical (unpaired) electrons. The number of hydrogen-bond donors (Lipinski definition) is 0. The standard InChI is InChI=1S/C15H22ClN3O4/c1-5-11(6-2)18(9-13(20)23-7-3)12-8-10(4)17-15(16)14(12)19(21)22/h8,11H,5-7,9H2,1-4H3. The summed E-state index contributed by atoms with van der Waals surface area (Å²) in [5.41, 5.74) is 0.568. The summed E-state index contributed by atoms with van der Waals surface area (Å²) in [7, 11) is 0. The Labute approximate surface area is 140 Å². The predicted molar refractivity (Wildman–Crippen MR) is 89.0 cm³/mol. The molecule has 7 nitrogen and oxygen atoms in total. The summed E-state index contributed by atoms with van der Waals surface area (Å²) in [5.74, 6) is -0.431. The van der Waals surface area contributed by atoms with Gasteiger partial charge in [-0.05, 0) is 32.8 Å². The van der Waals surface area contributed by atoms with E-state index >= 15 is 0 Å². The molecule has 0 aromatic carbocycles. The molecule has 0 atom stereocenters. The zero-order valence-electron chi connectivity index (χ0n) is 13.8. The van der Waals surface area contributed by atoms with Crippen LogP contribution in [0, 0.1) is 17.0 Å². The van der Waals surface area contributed by atoms with E-state index in [1.807, 2.05) is 13.8 Å². The highest BCUT2D eigenvalue weighted by Crippen LogP contribution is 2.36. The van der Waals surface area contributed by atoms with Crippen molar-refractivity contribution in [1.29, 1.82) is 0 Å². The monoisotopic (exact) mass is 343 g/mol. The Bertz CT molecular complexity index is 576. The Balaban J connectivity index is 3.41. The fourth-order valence-corrected chi connectivity index (χ4v) is 2.79. The summed E-state index contributed by atoms with van der Waals surface area (Å²) < 4.78 is 4.99. The molecule has 0 aliphatic carbocycles. The Morgan fingerprint density at radius 2 is 2.04 bits per heavy atom. The van der Waals surface area contributed by atoms with Crippen LogP contribution in [0.15, 0.2) is 6.07 Å². The second-order valence-corrected chi connectivity index (χ2v) is 5.44. The van der Waals surface area contributed by atoms with Gasteiger partial charge >= 0.3 is 11.7 Å². The second-order valence-electron chi connectivity index (χ2n) is 5.08. The van der Waals surface area contributed by atoms with Gasteiger partial charge in [-0.25, -0.2) is 4.98 Å². The Morgan fingerprint density at radius 3 is 2.52 bits per heavy atom. The molecular formula is C15H22ClN3O4. The van der Waals surface area contributed by atoms with E-state index in [2.05, 4.69) is 4.98 Å². The maximum atomic E-state index is 11.9. The molecule has 23 heavy (non-hydrogen) atoms. The van der Waals surface area contributed by atoms with Gasteiger partial charge in [-0.15, -0.1) is 0 Å². The average molecular weight is 344 g/mol. The molecule has 0 saturated carbocycles. The molecule has 1 heterocycles. The van der Waals surface area contributed by atoms with E-state index in [1.54, 1.807) is 24.8 Å². The molecule has 0 unspecified atom stereocenters. The summed E-state index contributed by atoms with van der Waals surface area (Å²) >= 11 is 5.97. The van der Waals surface area contributed by atoms with E-state index in [9.17, 15) is 14.9 Å². The third-order valence-corrected chi connectivity index (χ3v) is 3.80. The Hall–Kier alpha value is -1.89. The van der Waals surface area contributed by atoms with E-state index in [4.69, 9.17) is 16.3 Å². The molecule has 0 amide bonds. The number of rotatable bonds is 8. The van der Waals surface area contributed by atoms with Crippen LogP contribution in [0.3, 0.4) is 0 Å². The van der Waals surface area contributed by atoms with Crippen molar-refractivity contribution in [1.82, 2.24) is 4.98 Å². The van der Waals surface area contributed by atoms with Crippen LogP contribution in [-0.4, -0.2) is 35.1 Å². The number of esters is 1. The van der Waals surface area contributed by atoms with E-state index in [-0.39, 0.29) is 30.0 Å². The summed E-state index contributed by atoms with van der Waals surface area (Å²) in [5, 5.41) is 11.2. The number of aryl methyl sites for hydroxylation is 1. The van der Waals surface area contributed by atoms with Gasteiger partial charge in [0.2, 0.25) is 5.15 Å². The fourth-order valence-electron chi connectivity index (χ4n) is 2.49. The predicted octanol–water partition coefficient (Wildman–Crippen LogP) is 3.51. The Morgan fingerprint density at radius 1 is 1.43 bits per heavy atom. The normalized spacial score (nSPS) is 10.7. The van der Waals surface area contributed by atoms with Crippen molar-refractivity contribution in [2.45, 2.75) is 46.6 Å². The summed E-state index contributed by atoms with van der Waals surface area (Å²) in [6.45, 7) is 7.54. The maximum Gasteiger partial charge on any atom is 0.329 e. The van der Waals surface area contributed by atoms with Gasteiger partial charge in [0.1, 0.15) is 12.2 Å². The molecular weight excluding hydrogens is 322 g/mol. The minimum atomic E-state index is -0.565.